The smallest absolute Gasteiger partial charge is 0.338 e. The maximum atomic E-state index is 11.7. The number of hydrogen-bond acceptors (Lipinski definition) is 2. The number of fused-ring (bicyclic) bond motifs is 3. The Bertz CT molecular complexity index is 728. The number of H-pyrrole nitrogens is 1. The lowest BCUT2D eigenvalue weighted by Gasteiger charge is -2.04. The lowest BCUT2D eigenvalue weighted by Crippen LogP contribution is -2.04. The van der Waals surface area contributed by atoms with E-state index >= 15 is 0 Å². The summed E-state index contributed by atoms with van der Waals surface area (Å²) < 4.78 is 5.02. The SMILES string of the molecule is CCOC(=O)c1ccc2ccc3cc[nH]c3c2c1. The maximum absolute atomic E-state index is 11.7. The van der Waals surface area contributed by atoms with E-state index in [2.05, 4.69) is 17.1 Å². The van der Waals surface area contributed by atoms with Crippen LogP contribution in [0.2, 0.25) is 0 Å². The van der Waals surface area contributed by atoms with E-state index in [9.17, 15) is 4.79 Å². The number of aromatic amines is 1. The summed E-state index contributed by atoms with van der Waals surface area (Å²) in [6.07, 6.45) is 1.90. The molecule has 2 aromatic carbocycles. The molecule has 1 aromatic heterocycles. The van der Waals surface area contributed by atoms with Crippen LogP contribution in [-0.4, -0.2) is 17.6 Å². The summed E-state index contributed by atoms with van der Waals surface area (Å²) in [4.78, 5) is 14.9. The summed E-state index contributed by atoms with van der Waals surface area (Å²) in [5.74, 6) is -0.275. The molecule has 3 rings (SSSR count). The van der Waals surface area contributed by atoms with Gasteiger partial charge in [-0.25, -0.2) is 4.79 Å². The third kappa shape index (κ3) is 1.64. The van der Waals surface area contributed by atoms with Gasteiger partial charge in [0.2, 0.25) is 0 Å². The van der Waals surface area contributed by atoms with Crippen molar-refractivity contribution in [3.8, 4) is 0 Å². The van der Waals surface area contributed by atoms with Gasteiger partial charge in [0.25, 0.3) is 0 Å². The minimum absolute atomic E-state index is 0.275. The van der Waals surface area contributed by atoms with Crippen molar-refractivity contribution in [2.75, 3.05) is 6.61 Å². The predicted octanol–water partition coefficient (Wildman–Crippen LogP) is 3.50. The highest BCUT2D eigenvalue weighted by atomic mass is 16.5. The molecule has 3 nitrogen and oxygen atoms in total. The Balaban J connectivity index is 2.23. The summed E-state index contributed by atoms with van der Waals surface area (Å²) in [6, 6.07) is 11.8. The second-order valence-corrected chi connectivity index (χ2v) is 4.16. The van der Waals surface area contributed by atoms with E-state index in [-0.39, 0.29) is 5.97 Å². The van der Waals surface area contributed by atoms with Gasteiger partial charge in [-0.1, -0.05) is 18.2 Å². The molecule has 0 aliphatic heterocycles. The number of benzene rings is 2. The minimum atomic E-state index is -0.275. The number of esters is 1. The highest BCUT2D eigenvalue weighted by Gasteiger charge is 2.08. The molecule has 0 radical (unpaired) electrons. The molecule has 0 fully saturated rings. The van der Waals surface area contributed by atoms with Crippen molar-refractivity contribution in [3.05, 3.63) is 48.2 Å². The fourth-order valence-electron chi connectivity index (χ4n) is 2.19. The summed E-state index contributed by atoms with van der Waals surface area (Å²) in [6.45, 7) is 2.20. The van der Waals surface area contributed by atoms with Crippen LogP contribution in [0, 0.1) is 0 Å². The molecule has 0 amide bonds. The molecule has 18 heavy (non-hydrogen) atoms. The van der Waals surface area contributed by atoms with E-state index < -0.39 is 0 Å². The third-order valence-corrected chi connectivity index (χ3v) is 3.06. The molecule has 0 spiro atoms. The van der Waals surface area contributed by atoms with Gasteiger partial charge in [-0.05, 0) is 30.5 Å². The molecule has 1 heterocycles. The van der Waals surface area contributed by atoms with Gasteiger partial charge in [0.15, 0.2) is 0 Å². The van der Waals surface area contributed by atoms with Gasteiger partial charge in [-0.3, -0.25) is 0 Å². The molecular weight excluding hydrogens is 226 g/mol. The van der Waals surface area contributed by atoms with E-state index in [0.717, 1.165) is 21.7 Å². The van der Waals surface area contributed by atoms with Crippen molar-refractivity contribution < 1.29 is 9.53 Å². The van der Waals surface area contributed by atoms with E-state index in [1.54, 1.807) is 6.07 Å². The third-order valence-electron chi connectivity index (χ3n) is 3.06. The Morgan fingerprint density at radius 3 is 2.78 bits per heavy atom. The van der Waals surface area contributed by atoms with Crippen molar-refractivity contribution in [2.24, 2.45) is 0 Å². The summed E-state index contributed by atoms with van der Waals surface area (Å²) in [7, 11) is 0. The number of nitrogens with one attached hydrogen (secondary N) is 1. The van der Waals surface area contributed by atoms with Crippen LogP contribution in [0.1, 0.15) is 17.3 Å². The summed E-state index contributed by atoms with van der Waals surface area (Å²) in [5, 5.41) is 3.30. The minimum Gasteiger partial charge on any atom is -0.462 e. The van der Waals surface area contributed by atoms with Crippen LogP contribution in [-0.2, 0) is 4.74 Å². The number of aromatic nitrogens is 1. The largest absolute Gasteiger partial charge is 0.462 e. The molecular formula is C15H13NO2. The van der Waals surface area contributed by atoms with Crippen molar-refractivity contribution in [1.29, 1.82) is 0 Å². The Labute approximate surface area is 104 Å². The molecule has 1 N–H and O–H groups in total. The first kappa shape index (κ1) is 10.8. The van der Waals surface area contributed by atoms with Crippen LogP contribution in [0.15, 0.2) is 42.6 Å². The monoisotopic (exact) mass is 239 g/mol. The molecule has 0 saturated carbocycles. The van der Waals surface area contributed by atoms with E-state index in [4.69, 9.17) is 4.74 Å². The first-order valence-electron chi connectivity index (χ1n) is 5.96. The quantitative estimate of drug-likeness (QED) is 0.695. The second kappa shape index (κ2) is 4.18. The molecule has 0 saturated heterocycles. The van der Waals surface area contributed by atoms with E-state index in [0.29, 0.717) is 12.2 Å². The van der Waals surface area contributed by atoms with Crippen LogP contribution in [0.25, 0.3) is 21.7 Å². The van der Waals surface area contributed by atoms with Crippen LogP contribution < -0.4 is 0 Å². The number of rotatable bonds is 2. The van der Waals surface area contributed by atoms with Gasteiger partial charge in [-0.2, -0.15) is 0 Å². The topological polar surface area (TPSA) is 42.1 Å². The van der Waals surface area contributed by atoms with Crippen LogP contribution >= 0.6 is 0 Å². The standard InChI is InChI=1S/C15H13NO2/c1-2-18-15(17)12-6-4-10-3-5-11-7-8-16-14(11)13(10)9-12/h3-9,16H,2H2,1H3. The van der Waals surface area contributed by atoms with E-state index in [1.807, 2.05) is 31.3 Å². The molecule has 0 atom stereocenters. The fourth-order valence-corrected chi connectivity index (χ4v) is 2.19. The normalized spacial score (nSPS) is 10.9. The van der Waals surface area contributed by atoms with Gasteiger partial charge in [-0.15, -0.1) is 0 Å². The molecule has 90 valence electrons. The summed E-state index contributed by atoms with van der Waals surface area (Å²) in [5.41, 5.74) is 1.64. The molecule has 0 aliphatic rings. The number of carbonyl (C=O) groups excluding carboxylic acids is 1. The molecule has 3 aromatic rings. The average Bonchev–Trinajstić information content (AvgIpc) is 2.87. The number of ether oxygens (including phenoxy) is 1. The Kier molecular flexibility index (Phi) is 2.52. The predicted molar refractivity (Wildman–Crippen MR) is 71.8 cm³/mol. The maximum Gasteiger partial charge on any atom is 0.338 e. The summed E-state index contributed by atoms with van der Waals surface area (Å²) >= 11 is 0. The molecule has 0 unspecified atom stereocenters. The van der Waals surface area contributed by atoms with Gasteiger partial charge in [0.05, 0.1) is 17.7 Å². The van der Waals surface area contributed by atoms with Gasteiger partial charge >= 0.3 is 5.97 Å². The number of hydrogen-bond donors (Lipinski definition) is 1. The fraction of sp³-hybridized carbons (Fsp3) is 0.133. The van der Waals surface area contributed by atoms with Crippen molar-refractivity contribution in [2.45, 2.75) is 6.92 Å². The lowest BCUT2D eigenvalue weighted by molar-refractivity contribution is 0.0526. The van der Waals surface area contributed by atoms with Crippen molar-refractivity contribution in [1.82, 2.24) is 4.98 Å². The van der Waals surface area contributed by atoms with Crippen molar-refractivity contribution in [3.63, 3.8) is 0 Å². The lowest BCUT2D eigenvalue weighted by atomic mass is 10.0. The van der Waals surface area contributed by atoms with Crippen molar-refractivity contribution >= 4 is 27.6 Å². The Morgan fingerprint density at radius 1 is 1.17 bits per heavy atom. The number of carbonyl (C=O) groups is 1. The van der Waals surface area contributed by atoms with Crippen LogP contribution in [0.4, 0.5) is 0 Å². The zero-order valence-electron chi connectivity index (χ0n) is 10.1. The molecule has 0 bridgehead atoms. The van der Waals surface area contributed by atoms with E-state index in [1.165, 1.54) is 0 Å². The highest BCUT2D eigenvalue weighted by molar-refractivity contribution is 6.07. The first-order valence-corrected chi connectivity index (χ1v) is 5.96. The van der Waals surface area contributed by atoms with Crippen LogP contribution in [0.5, 0.6) is 0 Å². The second-order valence-electron chi connectivity index (χ2n) is 4.16. The first-order chi connectivity index (χ1) is 8.79. The average molecular weight is 239 g/mol. The molecule has 3 heteroatoms. The zero-order valence-corrected chi connectivity index (χ0v) is 10.1. The van der Waals surface area contributed by atoms with Gasteiger partial charge < -0.3 is 9.72 Å². The van der Waals surface area contributed by atoms with Crippen LogP contribution in [0.3, 0.4) is 0 Å². The zero-order chi connectivity index (χ0) is 12.5. The van der Waals surface area contributed by atoms with Gasteiger partial charge in [0, 0.05) is 17.0 Å². The Hall–Kier alpha value is -2.29. The highest BCUT2D eigenvalue weighted by Crippen LogP contribution is 2.25. The molecule has 0 aliphatic carbocycles. The Morgan fingerprint density at radius 2 is 1.94 bits per heavy atom. The van der Waals surface area contributed by atoms with Gasteiger partial charge in [0.1, 0.15) is 0 Å².